The van der Waals surface area contributed by atoms with Gasteiger partial charge >= 0.3 is 0 Å². The van der Waals surface area contributed by atoms with Crippen molar-refractivity contribution in [3.63, 3.8) is 0 Å². The molecule has 1 amide bonds. The van der Waals surface area contributed by atoms with Crippen LogP contribution in [0.1, 0.15) is 23.0 Å². The Morgan fingerprint density at radius 2 is 2.13 bits per heavy atom. The number of nitrogens with zero attached hydrogens (tertiary/aromatic N) is 1. The van der Waals surface area contributed by atoms with Crippen LogP contribution in [0.4, 0.5) is 5.82 Å². The van der Waals surface area contributed by atoms with Gasteiger partial charge in [-0.15, -0.1) is 0 Å². The van der Waals surface area contributed by atoms with Crippen molar-refractivity contribution in [2.24, 2.45) is 0 Å². The Labute approximate surface area is 141 Å². The SMILES string of the molecule is COc1cc(Br)c(C=O)cc1O[C@H](C)C(=O)Nc1cc(C)on1. The summed E-state index contributed by atoms with van der Waals surface area (Å²) in [6.07, 6.45) is -0.152. The maximum absolute atomic E-state index is 12.1. The van der Waals surface area contributed by atoms with E-state index in [2.05, 4.69) is 26.4 Å². The lowest BCUT2D eigenvalue weighted by atomic mass is 10.2. The number of carbonyl (C=O) groups is 2. The maximum atomic E-state index is 12.1. The van der Waals surface area contributed by atoms with Gasteiger partial charge in [-0.1, -0.05) is 5.16 Å². The molecule has 0 spiro atoms. The number of benzene rings is 1. The summed E-state index contributed by atoms with van der Waals surface area (Å²) in [4.78, 5) is 23.1. The lowest BCUT2D eigenvalue weighted by Crippen LogP contribution is -2.30. The van der Waals surface area contributed by atoms with E-state index >= 15 is 0 Å². The van der Waals surface area contributed by atoms with E-state index in [-0.39, 0.29) is 5.75 Å². The van der Waals surface area contributed by atoms with Crippen LogP contribution in [-0.2, 0) is 4.79 Å². The van der Waals surface area contributed by atoms with Crippen molar-refractivity contribution in [3.8, 4) is 11.5 Å². The number of hydrogen-bond donors (Lipinski definition) is 1. The Morgan fingerprint density at radius 3 is 2.70 bits per heavy atom. The molecule has 2 aromatic rings. The molecule has 0 saturated carbocycles. The number of carbonyl (C=O) groups excluding carboxylic acids is 2. The Balaban J connectivity index is 2.14. The first-order valence-corrected chi connectivity index (χ1v) is 7.47. The molecule has 1 heterocycles. The molecule has 0 aliphatic heterocycles. The molecule has 0 radical (unpaired) electrons. The first-order valence-electron chi connectivity index (χ1n) is 6.68. The van der Waals surface area contributed by atoms with Crippen molar-refractivity contribution in [2.75, 3.05) is 12.4 Å². The third-order valence-electron chi connectivity index (χ3n) is 2.96. The van der Waals surface area contributed by atoms with Gasteiger partial charge in [-0.25, -0.2) is 0 Å². The minimum absolute atomic E-state index is 0.289. The van der Waals surface area contributed by atoms with Crippen LogP contribution in [0, 0.1) is 6.92 Å². The van der Waals surface area contributed by atoms with E-state index in [1.807, 2.05) is 0 Å². The normalized spacial score (nSPS) is 11.7. The van der Waals surface area contributed by atoms with Crippen LogP contribution in [0.25, 0.3) is 0 Å². The number of rotatable bonds is 6. The fraction of sp³-hybridized carbons (Fsp3) is 0.267. The summed E-state index contributed by atoms with van der Waals surface area (Å²) in [5.41, 5.74) is 0.389. The van der Waals surface area contributed by atoms with Crippen molar-refractivity contribution in [1.82, 2.24) is 5.16 Å². The largest absolute Gasteiger partial charge is 0.493 e. The van der Waals surface area contributed by atoms with Gasteiger partial charge in [0.2, 0.25) is 0 Å². The number of anilines is 1. The average molecular weight is 383 g/mol. The summed E-state index contributed by atoms with van der Waals surface area (Å²) in [7, 11) is 1.47. The van der Waals surface area contributed by atoms with E-state index in [0.717, 1.165) is 0 Å². The molecular formula is C15H15BrN2O5. The molecule has 0 bridgehead atoms. The Morgan fingerprint density at radius 1 is 1.39 bits per heavy atom. The Kier molecular flexibility index (Phi) is 5.38. The fourth-order valence-corrected chi connectivity index (χ4v) is 2.21. The standard InChI is InChI=1S/C15H15BrN2O5/c1-8-4-14(18-23-8)17-15(20)9(2)22-13-5-10(7-19)11(16)6-12(13)21-3/h4-7,9H,1-3H3,(H,17,18,20)/t9-/m1/s1. The molecule has 0 aliphatic rings. The molecule has 1 N–H and O–H groups in total. The summed E-state index contributed by atoms with van der Waals surface area (Å²) in [5, 5.41) is 6.25. The van der Waals surface area contributed by atoms with Crippen LogP contribution in [0.15, 0.2) is 27.2 Å². The van der Waals surface area contributed by atoms with Crippen LogP contribution in [-0.4, -0.2) is 30.6 Å². The van der Waals surface area contributed by atoms with E-state index in [0.29, 0.717) is 33.6 Å². The minimum Gasteiger partial charge on any atom is -0.493 e. The average Bonchev–Trinajstić information content (AvgIpc) is 2.93. The molecule has 0 unspecified atom stereocenters. The highest BCUT2D eigenvalue weighted by Crippen LogP contribution is 2.33. The van der Waals surface area contributed by atoms with Gasteiger partial charge < -0.3 is 19.3 Å². The number of halogens is 1. The highest BCUT2D eigenvalue weighted by atomic mass is 79.9. The zero-order chi connectivity index (χ0) is 17.0. The molecule has 2 rings (SSSR count). The summed E-state index contributed by atoms with van der Waals surface area (Å²) in [6, 6.07) is 4.69. The van der Waals surface area contributed by atoms with Crippen LogP contribution < -0.4 is 14.8 Å². The molecule has 23 heavy (non-hydrogen) atoms. The van der Waals surface area contributed by atoms with Gasteiger partial charge in [-0.05, 0) is 41.9 Å². The number of ether oxygens (including phenoxy) is 2. The van der Waals surface area contributed by atoms with Crippen LogP contribution in [0.2, 0.25) is 0 Å². The lowest BCUT2D eigenvalue weighted by molar-refractivity contribution is -0.122. The monoisotopic (exact) mass is 382 g/mol. The van der Waals surface area contributed by atoms with Gasteiger partial charge in [0, 0.05) is 16.1 Å². The van der Waals surface area contributed by atoms with Crippen LogP contribution in [0.3, 0.4) is 0 Å². The summed E-state index contributed by atoms with van der Waals surface area (Å²) < 4.78 is 16.2. The number of hydrogen-bond acceptors (Lipinski definition) is 6. The third kappa shape index (κ3) is 4.10. The van der Waals surface area contributed by atoms with Gasteiger partial charge in [0.05, 0.1) is 7.11 Å². The number of nitrogens with one attached hydrogen (secondary N) is 1. The van der Waals surface area contributed by atoms with Crippen molar-refractivity contribution in [1.29, 1.82) is 0 Å². The summed E-state index contributed by atoms with van der Waals surface area (Å²) >= 11 is 3.26. The molecule has 7 nitrogen and oxygen atoms in total. The zero-order valence-corrected chi connectivity index (χ0v) is 14.3. The van der Waals surface area contributed by atoms with Crippen molar-refractivity contribution >= 4 is 33.9 Å². The van der Waals surface area contributed by atoms with Gasteiger partial charge in [0.15, 0.2) is 29.7 Å². The predicted octanol–water partition coefficient (Wildman–Crippen LogP) is 2.97. The summed E-state index contributed by atoms with van der Waals surface area (Å²) in [6.45, 7) is 3.29. The van der Waals surface area contributed by atoms with E-state index in [4.69, 9.17) is 14.0 Å². The Hall–Kier alpha value is -2.35. The van der Waals surface area contributed by atoms with Gasteiger partial charge in [0.25, 0.3) is 5.91 Å². The van der Waals surface area contributed by atoms with Gasteiger partial charge in [0.1, 0.15) is 5.76 Å². The Bertz CT molecular complexity index is 729. The molecule has 1 aromatic heterocycles. The first-order chi connectivity index (χ1) is 10.9. The lowest BCUT2D eigenvalue weighted by Gasteiger charge is -2.17. The second-order valence-electron chi connectivity index (χ2n) is 4.71. The van der Waals surface area contributed by atoms with Crippen molar-refractivity contribution < 1.29 is 23.6 Å². The molecule has 8 heteroatoms. The number of methoxy groups -OCH3 is 1. The highest BCUT2D eigenvalue weighted by Gasteiger charge is 2.19. The number of aryl methyl sites for hydroxylation is 1. The molecule has 122 valence electrons. The minimum atomic E-state index is -0.832. The van der Waals surface area contributed by atoms with Crippen molar-refractivity contribution in [2.45, 2.75) is 20.0 Å². The van der Waals surface area contributed by atoms with Gasteiger partial charge in [-0.2, -0.15) is 0 Å². The third-order valence-corrected chi connectivity index (χ3v) is 3.65. The van der Waals surface area contributed by atoms with E-state index < -0.39 is 12.0 Å². The van der Waals surface area contributed by atoms with Crippen LogP contribution in [0.5, 0.6) is 11.5 Å². The van der Waals surface area contributed by atoms with Gasteiger partial charge in [-0.3, -0.25) is 9.59 Å². The maximum Gasteiger partial charge on any atom is 0.266 e. The number of aromatic nitrogens is 1. The van der Waals surface area contributed by atoms with E-state index in [1.54, 1.807) is 26.0 Å². The van der Waals surface area contributed by atoms with Crippen LogP contribution >= 0.6 is 15.9 Å². The molecular weight excluding hydrogens is 368 g/mol. The topological polar surface area (TPSA) is 90.7 Å². The van der Waals surface area contributed by atoms with E-state index in [1.165, 1.54) is 13.2 Å². The molecule has 1 atom stereocenters. The second kappa shape index (κ2) is 7.28. The molecule has 0 saturated heterocycles. The zero-order valence-electron chi connectivity index (χ0n) is 12.8. The predicted molar refractivity (Wildman–Crippen MR) is 86.0 cm³/mol. The fourth-order valence-electron chi connectivity index (χ4n) is 1.79. The molecule has 1 aromatic carbocycles. The molecule has 0 aliphatic carbocycles. The first kappa shape index (κ1) is 17.0. The van der Waals surface area contributed by atoms with E-state index in [9.17, 15) is 9.59 Å². The number of aldehydes is 1. The van der Waals surface area contributed by atoms with Crippen molar-refractivity contribution in [3.05, 3.63) is 34.0 Å². The number of amides is 1. The summed E-state index contributed by atoms with van der Waals surface area (Å²) in [5.74, 6) is 1.17. The highest BCUT2D eigenvalue weighted by molar-refractivity contribution is 9.10. The smallest absolute Gasteiger partial charge is 0.266 e. The quantitative estimate of drug-likeness (QED) is 0.772. The second-order valence-corrected chi connectivity index (χ2v) is 5.57. The molecule has 0 fully saturated rings.